The third-order valence-corrected chi connectivity index (χ3v) is 2.55. The summed E-state index contributed by atoms with van der Waals surface area (Å²) >= 11 is 0. The van der Waals surface area contributed by atoms with Crippen molar-refractivity contribution < 1.29 is 4.74 Å². The van der Waals surface area contributed by atoms with Gasteiger partial charge in [-0.2, -0.15) is 0 Å². The van der Waals surface area contributed by atoms with E-state index in [0.717, 1.165) is 25.9 Å². The lowest BCUT2D eigenvalue weighted by Crippen LogP contribution is -2.35. The number of nitrogens with zero attached hydrogens (tertiary/aromatic N) is 2. The van der Waals surface area contributed by atoms with E-state index in [0.29, 0.717) is 0 Å². The van der Waals surface area contributed by atoms with Gasteiger partial charge in [-0.25, -0.2) is 4.98 Å². The number of ether oxygens (including phenoxy) is 1. The Kier molecular flexibility index (Phi) is 3.01. The number of aryl methyl sites for hydroxylation is 1. The Morgan fingerprint density at radius 1 is 1.53 bits per heavy atom. The Morgan fingerprint density at radius 2 is 2.27 bits per heavy atom. The van der Waals surface area contributed by atoms with Crippen LogP contribution in [0.4, 0.5) is 0 Å². The van der Waals surface area contributed by atoms with E-state index in [1.54, 1.807) is 19.4 Å². The molecule has 0 spiro atoms. The van der Waals surface area contributed by atoms with Crippen LogP contribution in [0.25, 0.3) is 0 Å². The van der Waals surface area contributed by atoms with Gasteiger partial charge in [-0.3, -0.25) is 4.79 Å². The number of nitrogens with one attached hydrogen (secondary N) is 1. The Labute approximate surface area is 88.1 Å². The number of aromatic nitrogens is 2. The van der Waals surface area contributed by atoms with E-state index in [4.69, 9.17) is 4.74 Å². The second-order valence-electron chi connectivity index (χ2n) is 3.72. The molecule has 1 saturated heterocycles. The van der Waals surface area contributed by atoms with Gasteiger partial charge in [0.15, 0.2) is 0 Å². The van der Waals surface area contributed by atoms with E-state index in [9.17, 15) is 4.79 Å². The number of piperidine rings is 1. The van der Waals surface area contributed by atoms with Crippen molar-refractivity contribution in [1.82, 2.24) is 14.9 Å². The molecule has 2 heterocycles. The fourth-order valence-electron chi connectivity index (χ4n) is 1.63. The second-order valence-corrected chi connectivity index (χ2v) is 3.72. The molecule has 1 aromatic rings. The van der Waals surface area contributed by atoms with Gasteiger partial charge >= 0.3 is 5.56 Å². The van der Waals surface area contributed by atoms with Crippen molar-refractivity contribution in [2.75, 3.05) is 13.1 Å². The maximum Gasteiger partial charge on any atom is 0.313 e. The van der Waals surface area contributed by atoms with Crippen LogP contribution in [0.15, 0.2) is 17.2 Å². The normalized spacial score (nSPS) is 17.7. The molecular weight excluding hydrogens is 194 g/mol. The van der Waals surface area contributed by atoms with Gasteiger partial charge in [-0.05, 0) is 25.9 Å². The summed E-state index contributed by atoms with van der Waals surface area (Å²) in [5.74, 6) is 0.215. The predicted molar refractivity (Wildman–Crippen MR) is 56.0 cm³/mol. The molecule has 0 amide bonds. The maximum absolute atomic E-state index is 11.6. The molecule has 0 aromatic carbocycles. The van der Waals surface area contributed by atoms with Crippen LogP contribution in [-0.2, 0) is 7.05 Å². The number of hydrogen-bond donors (Lipinski definition) is 1. The predicted octanol–water partition coefficient (Wildman–Crippen LogP) is -0.0889. The minimum absolute atomic E-state index is 0.119. The second kappa shape index (κ2) is 4.44. The lowest BCUT2D eigenvalue weighted by atomic mass is 10.1. The summed E-state index contributed by atoms with van der Waals surface area (Å²) in [6.07, 6.45) is 5.18. The van der Waals surface area contributed by atoms with Crippen LogP contribution in [0.3, 0.4) is 0 Å². The average Bonchev–Trinajstić information content (AvgIpc) is 2.26. The Balaban J connectivity index is 2.09. The lowest BCUT2D eigenvalue weighted by molar-refractivity contribution is 0.152. The average molecular weight is 209 g/mol. The monoisotopic (exact) mass is 209 g/mol. The summed E-state index contributed by atoms with van der Waals surface area (Å²) in [7, 11) is 1.69. The van der Waals surface area contributed by atoms with Crippen molar-refractivity contribution in [3.8, 4) is 5.88 Å². The van der Waals surface area contributed by atoms with Gasteiger partial charge in [0, 0.05) is 19.4 Å². The zero-order chi connectivity index (χ0) is 10.7. The smallest absolute Gasteiger partial charge is 0.313 e. The van der Waals surface area contributed by atoms with E-state index < -0.39 is 0 Å². The van der Waals surface area contributed by atoms with Crippen LogP contribution in [0.1, 0.15) is 12.8 Å². The van der Waals surface area contributed by atoms with Crippen LogP contribution in [0.2, 0.25) is 0 Å². The topological polar surface area (TPSA) is 56.1 Å². The Morgan fingerprint density at radius 3 is 3.00 bits per heavy atom. The molecule has 0 aliphatic carbocycles. The molecule has 15 heavy (non-hydrogen) atoms. The molecule has 2 rings (SSSR count). The minimum Gasteiger partial charge on any atom is -0.470 e. The molecule has 0 atom stereocenters. The van der Waals surface area contributed by atoms with Gasteiger partial charge in [0.1, 0.15) is 6.10 Å². The van der Waals surface area contributed by atoms with Crippen molar-refractivity contribution in [2.45, 2.75) is 18.9 Å². The highest BCUT2D eigenvalue weighted by atomic mass is 16.5. The molecule has 0 unspecified atom stereocenters. The highest BCUT2D eigenvalue weighted by Gasteiger charge is 2.16. The van der Waals surface area contributed by atoms with Crippen LogP contribution in [-0.4, -0.2) is 28.7 Å². The molecule has 1 fully saturated rings. The van der Waals surface area contributed by atoms with Crippen molar-refractivity contribution in [1.29, 1.82) is 0 Å². The van der Waals surface area contributed by atoms with E-state index in [-0.39, 0.29) is 17.5 Å². The Bertz CT molecular complexity index is 382. The first-order valence-electron chi connectivity index (χ1n) is 5.16. The van der Waals surface area contributed by atoms with E-state index >= 15 is 0 Å². The van der Waals surface area contributed by atoms with E-state index in [1.165, 1.54) is 4.57 Å². The van der Waals surface area contributed by atoms with Crippen LogP contribution < -0.4 is 15.6 Å². The van der Waals surface area contributed by atoms with Crippen molar-refractivity contribution in [3.63, 3.8) is 0 Å². The van der Waals surface area contributed by atoms with Gasteiger partial charge in [-0.1, -0.05) is 0 Å². The van der Waals surface area contributed by atoms with Crippen molar-refractivity contribution >= 4 is 0 Å². The molecule has 1 aliphatic rings. The number of hydrogen-bond acceptors (Lipinski definition) is 4. The molecular formula is C10H15N3O2. The first-order valence-corrected chi connectivity index (χ1v) is 5.16. The summed E-state index contributed by atoms with van der Waals surface area (Å²) in [5.41, 5.74) is -0.170. The highest BCUT2D eigenvalue weighted by molar-refractivity contribution is 5.04. The standard InChI is InChI=1S/C10H15N3O2/c1-13-7-6-12-9(10(13)14)15-8-2-4-11-5-3-8/h6-8,11H,2-5H2,1H3. The van der Waals surface area contributed by atoms with Crippen LogP contribution in [0, 0.1) is 0 Å². The summed E-state index contributed by atoms with van der Waals surface area (Å²) < 4.78 is 7.06. The molecule has 0 saturated carbocycles. The molecule has 5 nitrogen and oxygen atoms in total. The third-order valence-electron chi connectivity index (χ3n) is 2.55. The largest absolute Gasteiger partial charge is 0.470 e. The van der Waals surface area contributed by atoms with Crippen molar-refractivity contribution in [3.05, 3.63) is 22.7 Å². The molecule has 0 radical (unpaired) electrons. The summed E-state index contributed by atoms with van der Waals surface area (Å²) in [6, 6.07) is 0. The zero-order valence-corrected chi connectivity index (χ0v) is 8.77. The number of rotatable bonds is 2. The fraction of sp³-hybridized carbons (Fsp3) is 0.600. The van der Waals surface area contributed by atoms with E-state index in [2.05, 4.69) is 10.3 Å². The first kappa shape index (κ1) is 10.2. The maximum atomic E-state index is 11.6. The summed E-state index contributed by atoms with van der Waals surface area (Å²) in [4.78, 5) is 15.6. The Hall–Kier alpha value is -1.36. The molecule has 5 heteroatoms. The van der Waals surface area contributed by atoms with E-state index in [1.807, 2.05) is 0 Å². The van der Waals surface area contributed by atoms with Gasteiger partial charge < -0.3 is 14.6 Å². The lowest BCUT2D eigenvalue weighted by Gasteiger charge is -2.22. The van der Waals surface area contributed by atoms with Gasteiger partial charge in [0.05, 0.1) is 0 Å². The molecule has 1 aromatic heterocycles. The van der Waals surface area contributed by atoms with Gasteiger partial charge in [0.25, 0.3) is 5.88 Å². The first-order chi connectivity index (χ1) is 7.27. The minimum atomic E-state index is -0.170. The van der Waals surface area contributed by atoms with Gasteiger partial charge in [0.2, 0.25) is 0 Å². The molecule has 1 aliphatic heterocycles. The zero-order valence-electron chi connectivity index (χ0n) is 8.77. The van der Waals surface area contributed by atoms with Crippen LogP contribution in [0.5, 0.6) is 5.88 Å². The SMILES string of the molecule is Cn1ccnc(OC2CCNCC2)c1=O. The molecule has 1 N–H and O–H groups in total. The molecule has 82 valence electrons. The molecule has 0 bridgehead atoms. The van der Waals surface area contributed by atoms with Crippen LogP contribution >= 0.6 is 0 Å². The fourth-order valence-corrected chi connectivity index (χ4v) is 1.63. The third kappa shape index (κ3) is 2.36. The highest BCUT2D eigenvalue weighted by Crippen LogP contribution is 2.09. The quantitative estimate of drug-likeness (QED) is 0.739. The summed E-state index contributed by atoms with van der Waals surface area (Å²) in [6.45, 7) is 1.88. The van der Waals surface area contributed by atoms with Crippen molar-refractivity contribution in [2.24, 2.45) is 7.05 Å². The van der Waals surface area contributed by atoms with Gasteiger partial charge in [-0.15, -0.1) is 0 Å². The summed E-state index contributed by atoms with van der Waals surface area (Å²) in [5, 5.41) is 3.24.